The van der Waals surface area contributed by atoms with Crippen LogP contribution < -0.4 is 5.32 Å². The van der Waals surface area contributed by atoms with E-state index in [0.717, 1.165) is 16.3 Å². The lowest BCUT2D eigenvalue weighted by atomic mass is 10.1. The Morgan fingerprint density at radius 1 is 1.00 bits per heavy atom. The zero-order chi connectivity index (χ0) is 13.1. The number of halogens is 1. The highest BCUT2D eigenvalue weighted by atomic mass is 19.1. The van der Waals surface area contributed by atoms with Crippen LogP contribution in [0.1, 0.15) is 5.56 Å². The summed E-state index contributed by atoms with van der Waals surface area (Å²) in [5.74, 6) is -0.232. The number of anilines is 1. The summed E-state index contributed by atoms with van der Waals surface area (Å²) in [7, 11) is 0. The van der Waals surface area contributed by atoms with Gasteiger partial charge in [-0.1, -0.05) is 30.3 Å². The molecule has 0 fully saturated rings. The van der Waals surface area contributed by atoms with Gasteiger partial charge in [0.05, 0.1) is 5.69 Å². The largest absolute Gasteiger partial charge is 0.379 e. The van der Waals surface area contributed by atoms with Gasteiger partial charge in [-0.25, -0.2) is 4.39 Å². The third-order valence-corrected chi connectivity index (χ3v) is 3.11. The number of pyridine rings is 1. The number of hydrogen-bond acceptors (Lipinski definition) is 2. The van der Waals surface area contributed by atoms with E-state index < -0.39 is 0 Å². The molecule has 0 atom stereocenters. The lowest BCUT2D eigenvalue weighted by molar-refractivity contribution is 0.630. The van der Waals surface area contributed by atoms with Crippen LogP contribution in [-0.4, -0.2) is 4.98 Å². The molecule has 0 unspecified atom stereocenters. The molecule has 0 aliphatic carbocycles. The van der Waals surface area contributed by atoms with Crippen molar-refractivity contribution in [1.82, 2.24) is 4.98 Å². The number of fused-ring (bicyclic) bond motifs is 1. The number of rotatable bonds is 3. The molecule has 3 aromatic rings. The minimum atomic E-state index is -0.232. The predicted octanol–water partition coefficient (Wildman–Crippen LogP) is 3.99. The molecular weight excluding hydrogens is 239 g/mol. The summed E-state index contributed by atoms with van der Waals surface area (Å²) in [6.07, 6.45) is 3.61. The molecule has 0 aliphatic heterocycles. The molecule has 1 heterocycles. The van der Waals surface area contributed by atoms with Crippen molar-refractivity contribution in [3.05, 3.63) is 72.3 Å². The van der Waals surface area contributed by atoms with Crippen molar-refractivity contribution in [1.29, 1.82) is 0 Å². The van der Waals surface area contributed by atoms with Gasteiger partial charge in [0.2, 0.25) is 0 Å². The molecule has 3 heteroatoms. The maximum atomic E-state index is 13.5. The molecule has 0 aliphatic rings. The van der Waals surface area contributed by atoms with Gasteiger partial charge >= 0.3 is 0 Å². The van der Waals surface area contributed by atoms with Gasteiger partial charge in [0.15, 0.2) is 0 Å². The highest BCUT2D eigenvalue weighted by molar-refractivity contribution is 5.84. The summed E-state index contributed by atoms with van der Waals surface area (Å²) >= 11 is 0. The van der Waals surface area contributed by atoms with E-state index in [-0.39, 0.29) is 5.82 Å². The first-order valence-electron chi connectivity index (χ1n) is 6.14. The Labute approximate surface area is 110 Å². The summed E-state index contributed by atoms with van der Waals surface area (Å²) in [6.45, 7) is 0.586. The van der Waals surface area contributed by atoms with Gasteiger partial charge in [-0.15, -0.1) is 0 Å². The van der Waals surface area contributed by atoms with Gasteiger partial charge in [0, 0.05) is 24.3 Å². The molecule has 0 amide bonds. The topological polar surface area (TPSA) is 24.9 Å². The lowest BCUT2D eigenvalue weighted by Crippen LogP contribution is -2.01. The highest BCUT2D eigenvalue weighted by Gasteiger charge is 2.03. The molecule has 2 nitrogen and oxygen atoms in total. The minimum Gasteiger partial charge on any atom is -0.379 e. The zero-order valence-electron chi connectivity index (χ0n) is 10.3. The average molecular weight is 252 g/mol. The van der Waals surface area contributed by atoms with Crippen LogP contribution in [0.5, 0.6) is 0 Å². The second kappa shape index (κ2) is 5.06. The molecular formula is C16H13FN2. The molecule has 1 aromatic heterocycles. The summed E-state index contributed by atoms with van der Waals surface area (Å²) < 4.78 is 13.5. The quantitative estimate of drug-likeness (QED) is 0.762. The molecule has 3 rings (SSSR count). The van der Waals surface area contributed by atoms with E-state index in [2.05, 4.69) is 10.3 Å². The Kier molecular flexibility index (Phi) is 3.11. The second-order valence-electron chi connectivity index (χ2n) is 4.35. The molecule has 0 saturated heterocycles. The number of hydrogen-bond donors (Lipinski definition) is 1. The SMILES string of the molecule is Fc1ccccc1NCc1cccc2cnccc12. The van der Waals surface area contributed by atoms with Crippen molar-refractivity contribution >= 4 is 16.5 Å². The first-order chi connectivity index (χ1) is 9.34. The number of benzene rings is 2. The van der Waals surface area contributed by atoms with Crippen molar-refractivity contribution in [3.8, 4) is 0 Å². The smallest absolute Gasteiger partial charge is 0.146 e. The van der Waals surface area contributed by atoms with E-state index in [9.17, 15) is 4.39 Å². The summed E-state index contributed by atoms with van der Waals surface area (Å²) in [5, 5.41) is 5.36. The maximum absolute atomic E-state index is 13.5. The third-order valence-electron chi connectivity index (χ3n) is 3.11. The van der Waals surface area contributed by atoms with Crippen LogP contribution in [0, 0.1) is 5.82 Å². The van der Waals surface area contributed by atoms with Crippen molar-refractivity contribution < 1.29 is 4.39 Å². The highest BCUT2D eigenvalue weighted by Crippen LogP contribution is 2.19. The Hall–Kier alpha value is -2.42. The van der Waals surface area contributed by atoms with E-state index in [1.165, 1.54) is 6.07 Å². The van der Waals surface area contributed by atoms with E-state index in [4.69, 9.17) is 0 Å². The zero-order valence-corrected chi connectivity index (χ0v) is 10.3. The van der Waals surface area contributed by atoms with Crippen LogP contribution in [0.25, 0.3) is 10.8 Å². The monoisotopic (exact) mass is 252 g/mol. The van der Waals surface area contributed by atoms with Gasteiger partial charge in [0.1, 0.15) is 5.82 Å². The first-order valence-corrected chi connectivity index (χ1v) is 6.14. The van der Waals surface area contributed by atoms with Crippen molar-refractivity contribution in [3.63, 3.8) is 0 Å². The molecule has 0 bridgehead atoms. The van der Waals surface area contributed by atoms with Crippen LogP contribution >= 0.6 is 0 Å². The van der Waals surface area contributed by atoms with Gasteiger partial charge in [-0.05, 0) is 29.1 Å². The van der Waals surface area contributed by atoms with Crippen molar-refractivity contribution in [2.24, 2.45) is 0 Å². The molecule has 0 radical (unpaired) electrons. The van der Waals surface area contributed by atoms with E-state index in [0.29, 0.717) is 12.2 Å². The predicted molar refractivity (Wildman–Crippen MR) is 75.5 cm³/mol. The van der Waals surface area contributed by atoms with Gasteiger partial charge in [-0.3, -0.25) is 4.98 Å². The number of nitrogens with one attached hydrogen (secondary N) is 1. The molecule has 1 N–H and O–H groups in total. The summed E-state index contributed by atoms with van der Waals surface area (Å²) in [4.78, 5) is 4.11. The third kappa shape index (κ3) is 2.40. The fraction of sp³-hybridized carbons (Fsp3) is 0.0625. The summed E-state index contributed by atoms with van der Waals surface area (Å²) in [6, 6.07) is 14.7. The van der Waals surface area contributed by atoms with Crippen LogP contribution in [0.4, 0.5) is 10.1 Å². The van der Waals surface area contributed by atoms with Crippen LogP contribution in [0.3, 0.4) is 0 Å². The van der Waals surface area contributed by atoms with Crippen LogP contribution in [0.2, 0.25) is 0 Å². The van der Waals surface area contributed by atoms with Gasteiger partial charge < -0.3 is 5.32 Å². The van der Waals surface area contributed by atoms with Crippen molar-refractivity contribution in [2.75, 3.05) is 5.32 Å². The number of nitrogens with zero attached hydrogens (tertiary/aromatic N) is 1. The second-order valence-corrected chi connectivity index (χ2v) is 4.35. The maximum Gasteiger partial charge on any atom is 0.146 e. The standard InChI is InChI=1S/C16H13FN2/c17-15-6-1-2-7-16(15)19-11-13-5-3-4-12-10-18-9-8-14(12)13/h1-10,19H,11H2. The molecule has 2 aromatic carbocycles. The van der Waals surface area contributed by atoms with Crippen LogP contribution in [0.15, 0.2) is 60.9 Å². The molecule has 94 valence electrons. The minimum absolute atomic E-state index is 0.232. The van der Waals surface area contributed by atoms with E-state index in [1.54, 1.807) is 18.3 Å². The normalized spacial score (nSPS) is 10.6. The van der Waals surface area contributed by atoms with Gasteiger partial charge in [-0.2, -0.15) is 0 Å². The molecule has 0 saturated carbocycles. The molecule has 0 spiro atoms. The van der Waals surface area contributed by atoms with Crippen molar-refractivity contribution in [2.45, 2.75) is 6.54 Å². The number of aromatic nitrogens is 1. The van der Waals surface area contributed by atoms with Crippen LogP contribution in [-0.2, 0) is 6.54 Å². The van der Waals surface area contributed by atoms with E-state index in [1.807, 2.05) is 36.5 Å². The van der Waals surface area contributed by atoms with E-state index >= 15 is 0 Å². The Bertz CT molecular complexity index is 704. The summed E-state index contributed by atoms with van der Waals surface area (Å²) in [5.41, 5.74) is 1.65. The van der Waals surface area contributed by atoms with Gasteiger partial charge in [0.25, 0.3) is 0 Å². The Balaban J connectivity index is 1.88. The average Bonchev–Trinajstić information content (AvgIpc) is 2.46. The fourth-order valence-electron chi connectivity index (χ4n) is 2.14. The first kappa shape index (κ1) is 11.7. The number of para-hydroxylation sites is 1. The Morgan fingerprint density at radius 3 is 2.79 bits per heavy atom. The lowest BCUT2D eigenvalue weighted by Gasteiger charge is -2.09. The fourth-order valence-corrected chi connectivity index (χ4v) is 2.14. The Morgan fingerprint density at radius 2 is 1.89 bits per heavy atom. The molecule has 19 heavy (non-hydrogen) atoms.